The fourth-order valence-electron chi connectivity index (χ4n) is 3.35. The van der Waals surface area contributed by atoms with Crippen LogP contribution in [0.15, 0.2) is 78.9 Å². The number of carboxylic acids is 1. The van der Waals surface area contributed by atoms with Crippen LogP contribution in [0.1, 0.15) is 16.8 Å². The lowest BCUT2D eigenvalue weighted by Gasteiger charge is -2.21. The van der Waals surface area contributed by atoms with E-state index in [1.807, 2.05) is 42.3 Å². The number of rotatable bonds is 11. The number of carboxylic acid groups (broad SMARTS) is 1. The minimum Gasteiger partial charge on any atom is -0.478 e. The van der Waals surface area contributed by atoms with Gasteiger partial charge in [-0.3, -0.25) is 9.69 Å². The van der Waals surface area contributed by atoms with Crippen molar-refractivity contribution >= 4 is 29.3 Å². The second kappa shape index (κ2) is 12.9. The van der Waals surface area contributed by atoms with Crippen LogP contribution in [0.4, 0.5) is 16.2 Å². The molecule has 0 bridgehead atoms. The first-order valence-electron chi connectivity index (χ1n) is 11.5. The van der Waals surface area contributed by atoms with E-state index in [0.717, 1.165) is 5.75 Å². The summed E-state index contributed by atoms with van der Waals surface area (Å²) in [4.78, 5) is 39.0. The average Bonchev–Trinajstić information content (AvgIpc) is 2.86. The first kappa shape index (κ1) is 26.2. The Morgan fingerprint density at radius 2 is 1.36 bits per heavy atom. The standard InChI is InChI=1S/C27H30N4O5/c1-30(17-6-18-31(2)27(35)29-22-11-9-20(10-12-22)26(33)34)19-25(32)28-21-13-15-24(16-14-21)36-23-7-4-3-5-8-23/h3-5,7-16H,6,17-19H2,1-2H3,(H,28,32)(H,29,35)(H,33,34). The maximum absolute atomic E-state index is 12.4. The molecule has 0 radical (unpaired) electrons. The number of para-hydroxylation sites is 1. The third-order valence-electron chi connectivity index (χ3n) is 5.29. The van der Waals surface area contributed by atoms with E-state index in [-0.39, 0.29) is 24.0 Å². The molecule has 3 aromatic carbocycles. The van der Waals surface area contributed by atoms with Gasteiger partial charge in [0.1, 0.15) is 11.5 Å². The molecule has 3 N–H and O–H groups in total. The number of likely N-dealkylation sites (N-methyl/N-ethyl adjacent to an activating group) is 1. The molecule has 188 valence electrons. The average molecular weight is 491 g/mol. The van der Waals surface area contributed by atoms with Crippen molar-refractivity contribution in [1.29, 1.82) is 0 Å². The molecular weight excluding hydrogens is 460 g/mol. The molecule has 0 aliphatic heterocycles. The maximum Gasteiger partial charge on any atom is 0.335 e. The Kier molecular flexibility index (Phi) is 9.41. The molecule has 3 amide bonds. The Labute approximate surface area is 210 Å². The summed E-state index contributed by atoms with van der Waals surface area (Å²) >= 11 is 0. The van der Waals surface area contributed by atoms with Gasteiger partial charge in [0.2, 0.25) is 5.91 Å². The van der Waals surface area contributed by atoms with Gasteiger partial charge in [0.15, 0.2) is 0 Å². The zero-order valence-electron chi connectivity index (χ0n) is 20.3. The number of hydrogen-bond acceptors (Lipinski definition) is 5. The van der Waals surface area contributed by atoms with Gasteiger partial charge in [0.05, 0.1) is 12.1 Å². The molecule has 0 fully saturated rings. The summed E-state index contributed by atoms with van der Waals surface area (Å²) in [6.07, 6.45) is 0.678. The number of urea groups is 1. The van der Waals surface area contributed by atoms with Crippen molar-refractivity contribution in [2.75, 3.05) is 44.4 Å². The molecule has 0 spiro atoms. The largest absolute Gasteiger partial charge is 0.478 e. The lowest BCUT2D eigenvalue weighted by molar-refractivity contribution is -0.117. The number of nitrogens with zero attached hydrogens (tertiary/aromatic N) is 2. The first-order valence-corrected chi connectivity index (χ1v) is 11.5. The Morgan fingerprint density at radius 3 is 2.00 bits per heavy atom. The van der Waals surface area contributed by atoms with Crippen LogP contribution in [0.3, 0.4) is 0 Å². The third-order valence-corrected chi connectivity index (χ3v) is 5.29. The van der Waals surface area contributed by atoms with E-state index in [2.05, 4.69) is 10.6 Å². The van der Waals surface area contributed by atoms with E-state index >= 15 is 0 Å². The van der Waals surface area contributed by atoms with Gasteiger partial charge in [-0.15, -0.1) is 0 Å². The second-order valence-electron chi connectivity index (χ2n) is 8.31. The first-order chi connectivity index (χ1) is 17.3. The minimum absolute atomic E-state index is 0.134. The van der Waals surface area contributed by atoms with E-state index in [1.54, 1.807) is 43.4 Å². The summed E-state index contributed by atoms with van der Waals surface area (Å²) in [6, 6.07) is 22.3. The number of benzene rings is 3. The van der Waals surface area contributed by atoms with E-state index in [9.17, 15) is 14.4 Å². The summed E-state index contributed by atoms with van der Waals surface area (Å²) in [6.45, 7) is 1.34. The number of carbonyl (C=O) groups is 3. The highest BCUT2D eigenvalue weighted by atomic mass is 16.5. The number of anilines is 2. The fraction of sp³-hybridized carbons (Fsp3) is 0.222. The van der Waals surface area contributed by atoms with Gasteiger partial charge in [-0.25, -0.2) is 9.59 Å². The van der Waals surface area contributed by atoms with Crippen LogP contribution in [0.2, 0.25) is 0 Å². The van der Waals surface area contributed by atoms with Gasteiger partial charge in [-0.05, 0) is 74.1 Å². The monoisotopic (exact) mass is 490 g/mol. The lowest BCUT2D eigenvalue weighted by Crippen LogP contribution is -2.35. The Balaban J connectivity index is 1.35. The van der Waals surface area contributed by atoms with Gasteiger partial charge in [-0.1, -0.05) is 18.2 Å². The predicted octanol–water partition coefficient (Wildman–Crippen LogP) is 4.60. The van der Waals surface area contributed by atoms with E-state index in [0.29, 0.717) is 36.6 Å². The van der Waals surface area contributed by atoms with Crippen LogP contribution in [-0.4, -0.2) is 66.5 Å². The highest BCUT2D eigenvalue weighted by molar-refractivity contribution is 5.92. The van der Waals surface area contributed by atoms with Crippen molar-refractivity contribution in [1.82, 2.24) is 9.80 Å². The summed E-state index contributed by atoms with van der Waals surface area (Å²) in [5.74, 6) is 0.273. The van der Waals surface area contributed by atoms with E-state index in [1.165, 1.54) is 17.0 Å². The van der Waals surface area contributed by atoms with Crippen LogP contribution in [-0.2, 0) is 4.79 Å². The molecule has 9 heteroatoms. The molecule has 0 heterocycles. The smallest absolute Gasteiger partial charge is 0.335 e. The van der Waals surface area contributed by atoms with Crippen molar-refractivity contribution in [3.05, 3.63) is 84.4 Å². The van der Waals surface area contributed by atoms with Gasteiger partial charge in [0, 0.05) is 31.5 Å². The quantitative estimate of drug-likeness (QED) is 0.362. The molecule has 0 atom stereocenters. The number of nitrogens with one attached hydrogen (secondary N) is 2. The fourth-order valence-corrected chi connectivity index (χ4v) is 3.35. The molecule has 9 nitrogen and oxygen atoms in total. The van der Waals surface area contributed by atoms with Crippen molar-refractivity contribution in [3.8, 4) is 11.5 Å². The topological polar surface area (TPSA) is 111 Å². The molecule has 36 heavy (non-hydrogen) atoms. The van der Waals surface area contributed by atoms with Crippen molar-refractivity contribution in [2.45, 2.75) is 6.42 Å². The number of carbonyl (C=O) groups excluding carboxylic acids is 2. The minimum atomic E-state index is -1.02. The SMILES string of the molecule is CN(CCCN(C)C(=O)Nc1ccc(C(=O)O)cc1)CC(=O)Nc1ccc(Oc2ccccc2)cc1. The molecule has 0 saturated heterocycles. The molecule has 0 saturated carbocycles. The van der Waals surface area contributed by atoms with Gasteiger partial charge in [-0.2, -0.15) is 0 Å². The van der Waals surface area contributed by atoms with Crippen molar-refractivity contribution in [2.24, 2.45) is 0 Å². The van der Waals surface area contributed by atoms with Gasteiger partial charge < -0.3 is 25.4 Å². The van der Waals surface area contributed by atoms with E-state index in [4.69, 9.17) is 9.84 Å². The van der Waals surface area contributed by atoms with Crippen LogP contribution in [0, 0.1) is 0 Å². The number of ether oxygens (including phenoxy) is 1. The number of hydrogen-bond donors (Lipinski definition) is 3. The molecule has 0 unspecified atom stereocenters. The summed E-state index contributed by atoms with van der Waals surface area (Å²) in [7, 11) is 3.53. The Hall–Kier alpha value is -4.37. The highest BCUT2D eigenvalue weighted by Gasteiger charge is 2.11. The maximum atomic E-state index is 12.4. The van der Waals surface area contributed by atoms with Crippen LogP contribution >= 0.6 is 0 Å². The Bertz CT molecular complexity index is 1150. The highest BCUT2D eigenvalue weighted by Crippen LogP contribution is 2.22. The molecule has 3 rings (SSSR count). The molecule has 0 aromatic heterocycles. The predicted molar refractivity (Wildman–Crippen MR) is 139 cm³/mol. The van der Waals surface area contributed by atoms with Crippen LogP contribution in [0.25, 0.3) is 0 Å². The molecular formula is C27H30N4O5. The van der Waals surface area contributed by atoms with Gasteiger partial charge >= 0.3 is 12.0 Å². The Morgan fingerprint density at radius 1 is 0.778 bits per heavy atom. The van der Waals surface area contributed by atoms with Crippen LogP contribution in [0.5, 0.6) is 11.5 Å². The van der Waals surface area contributed by atoms with Crippen LogP contribution < -0.4 is 15.4 Å². The van der Waals surface area contributed by atoms with Gasteiger partial charge in [0.25, 0.3) is 0 Å². The summed E-state index contributed by atoms with van der Waals surface area (Å²) < 4.78 is 5.75. The second-order valence-corrected chi connectivity index (χ2v) is 8.31. The summed E-state index contributed by atoms with van der Waals surface area (Å²) in [5.41, 5.74) is 1.36. The zero-order chi connectivity index (χ0) is 25.9. The lowest BCUT2D eigenvalue weighted by atomic mass is 10.2. The molecule has 0 aliphatic rings. The molecule has 0 aliphatic carbocycles. The molecule has 3 aromatic rings. The number of aromatic carboxylic acids is 1. The third kappa shape index (κ3) is 8.44. The van der Waals surface area contributed by atoms with E-state index < -0.39 is 5.97 Å². The summed E-state index contributed by atoms with van der Waals surface area (Å²) in [5, 5.41) is 14.5. The van der Waals surface area contributed by atoms with Crippen molar-refractivity contribution in [3.63, 3.8) is 0 Å². The zero-order valence-corrected chi connectivity index (χ0v) is 20.3. The van der Waals surface area contributed by atoms with Crippen molar-refractivity contribution < 1.29 is 24.2 Å². The number of amides is 3. The normalized spacial score (nSPS) is 10.5.